The van der Waals surface area contributed by atoms with Crippen LogP contribution in [0.25, 0.3) is 0 Å². The van der Waals surface area contributed by atoms with Gasteiger partial charge in [-0.15, -0.1) is 0 Å². The van der Waals surface area contributed by atoms with Gasteiger partial charge < -0.3 is 15.1 Å². The summed E-state index contributed by atoms with van der Waals surface area (Å²) in [6.45, 7) is 3.78. The average Bonchev–Trinajstić information content (AvgIpc) is 3.05. The molecule has 2 fully saturated rings. The fourth-order valence-corrected chi connectivity index (χ4v) is 4.26. The van der Waals surface area contributed by atoms with E-state index in [1.54, 1.807) is 0 Å². The molecule has 0 aromatic heterocycles. The van der Waals surface area contributed by atoms with Crippen molar-refractivity contribution in [2.45, 2.75) is 25.8 Å². The van der Waals surface area contributed by atoms with Gasteiger partial charge in [0.15, 0.2) is 0 Å². The molecule has 2 N–H and O–H groups in total. The van der Waals surface area contributed by atoms with Crippen molar-refractivity contribution in [3.05, 3.63) is 66.2 Å². The van der Waals surface area contributed by atoms with Crippen LogP contribution < -0.4 is 4.90 Å². The molecular weight excluding hydrogens is 384 g/mol. The van der Waals surface area contributed by atoms with Crippen molar-refractivity contribution in [3.8, 4) is 0 Å². The van der Waals surface area contributed by atoms with Crippen molar-refractivity contribution in [2.75, 3.05) is 24.5 Å². The molecule has 2 aliphatic heterocycles. The Morgan fingerprint density at radius 3 is 2.07 bits per heavy atom. The maximum absolute atomic E-state index is 13.2. The number of anilines is 1. The Morgan fingerprint density at radius 2 is 1.47 bits per heavy atom. The molecule has 30 heavy (non-hydrogen) atoms. The highest BCUT2D eigenvalue weighted by Gasteiger charge is 2.49. The molecule has 1 amide bonds. The van der Waals surface area contributed by atoms with Gasteiger partial charge in [-0.3, -0.25) is 9.69 Å². The van der Waals surface area contributed by atoms with Crippen LogP contribution >= 0.6 is 0 Å². The first-order chi connectivity index (χ1) is 14.4. The summed E-state index contributed by atoms with van der Waals surface area (Å²) in [4.78, 5) is 35.8. The van der Waals surface area contributed by atoms with Gasteiger partial charge in [0.1, 0.15) is 0 Å². The fourth-order valence-electron chi connectivity index (χ4n) is 4.26. The fraction of sp³-hybridized carbons (Fsp3) is 0.348. The van der Waals surface area contributed by atoms with E-state index >= 15 is 0 Å². The van der Waals surface area contributed by atoms with E-state index in [9.17, 15) is 4.79 Å². The molecule has 158 valence electrons. The van der Waals surface area contributed by atoms with Crippen molar-refractivity contribution in [1.29, 1.82) is 0 Å². The summed E-state index contributed by atoms with van der Waals surface area (Å²) in [5, 5.41) is 14.8. The van der Waals surface area contributed by atoms with Crippen LogP contribution in [0, 0.1) is 5.41 Å². The van der Waals surface area contributed by atoms with Crippen LogP contribution in [0.15, 0.2) is 60.7 Å². The Morgan fingerprint density at radius 1 is 0.867 bits per heavy atom. The number of hydrogen-bond acceptors (Lipinski definition) is 4. The van der Waals surface area contributed by atoms with Gasteiger partial charge in [0.25, 0.3) is 0 Å². The summed E-state index contributed by atoms with van der Waals surface area (Å²) in [5.41, 5.74) is 2.20. The molecule has 7 nitrogen and oxygen atoms in total. The van der Waals surface area contributed by atoms with E-state index in [4.69, 9.17) is 19.8 Å². The number of nitrogens with zero attached hydrogens (tertiary/aromatic N) is 2. The Labute approximate surface area is 175 Å². The van der Waals surface area contributed by atoms with E-state index in [0.717, 1.165) is 51.1 Å². The summed E-state index contributed by atoms with van der Waals surface area (Å²) in [7, 11) is 0. The van der Waals surface area contributed by atoms with Gasteiger partial charge in [-0.1, -0.05) is 48.5 Å². The number of carboxylic acids is 2. The normalized spacial score (nSPS) is 21.2. The number of piperidine rings is 1. The molecule has 2 aromatic carbocycles. The molecular formula is C23H26N2O5. The summed E-state index contributed by atoms with van der Waals surface area (Å²) in [5.74, 6) is -3.32. The molecule has 0 aliphatic carbocycles. The lowest BCUT2D eigenvalue weighted by atomic mass is 9.78. The monoisotopic (exact) mass is 410 g/mol. The Kier molecular flexibility index (Phi) is 6.84. The first kappa shape index (κ1) is 21.5. The third-order valence-electron chi connectivity index (χ3n) is 5.67. The standard InChI is InChI=1S/C21H24N2O.C2H2O4/c24-20-21(13-15-23(20)19-10-5-2-6-11-19)12-7-14-22(17-21)16-18-8-3-1-4-9-18;3-1(4)2(5)6/h1-6,8-11H,7,12-17H2;(H,3,4)(H,5,6). The minimum Gasteiger partial charge on any atom is -0.473 e. The first-order valence-corrected chi connectivity index (χ1v) is 10.0. The van der Waals surface area contributed by atoms with Crippen molar-refractivity contribution >= 4 is 23.5 Å². The number of para-hydroxylation sites is 1. The predicted molar refractivity (Wildman–Crippen MR) is 112 cm³/mol. The van der Waals surface area contributed by atoms with E-state index in [1.807, 2.05) is 35.2 Å². The highest BCUT2D eigenvalue weighted by Crippen LogP contribution is 2.42. The van der Waals surface area contributed by atoms with Gasteiger partial charge in [-0.05, 0) is 43.5 Å². The lowest BCUT2D eigenvalue weighted by Crippen LogP contribution is -2.47. The highest BCUT2D eigenvalue weighted by atomic mass is 16.4. The summed E-state index contributed by atoms with van der Waals surface area (Å²) in [6.07, 6.45) is 3.12. The van der Waals surface area contributed by atoms with Crippen LogP contribution in [-0.4, -0.2) is 52.6 Å². The van der Waals surface area contributed by atoms with Crippen LogP contribution in [0.2, 0.25) is 0 Å². The highest BCUT2D eigenvalue weighted by molar-refractivity contribution is 6.27. The van der Waals surface area contributed by atoms with Crippen molar-refractivity contribution in [2.24, 2.45) is 5.41 Å². The van der Waals surface area contributed by atoms with Gasteiger partial charge in [0.2, 0.25) is 5.91 Å². The van der Waals surface area contributed by atoms with Crippen LogP contribution in [0.4, 0.5) is 5.69 Å². The molecule has 1 unspecified atom stereocenters. The summed E-state index contributed by atoms with van der Waals surface area (Å²) >= 11 is 0. The average molecular weight is 410 g/mol. The Bertz CT molecular complexity index is 875. The summed E-state index contributed by atoms with van der Waals surface area (Å²) in [6, 6.07) is 20.7. The number of hydrogen-bond donors (Lipinski definition) is 2. The molecule has 0 bridgehead atoms. The predicted octanol–water partition coefficient (Wildman–Crippen LogP) is 2.86. The maximum Gasteiger partial charge on any atom is 0.414 e. The Balaban J connectivity index is 0.000000377. The molecule has 0 saturated carbocycles. The zero-order valence-corrected chi connectivity index (χ0v) is 16.7. The lowest BCUT2D eigenvalue weighted by molar-refractivity contribution is -0.159. The molecule has 2 saturated heterocycles. The number of aliphatic carboxylic acids is 2. The van der Waals surface area contributed by atoms with Gasteiger partial charge in [-0.2, -0.15) is 0 Å². The molecule has 1 atom stereocenters. The molecule has 1 spiro atoms. The van der Waals surface area contributed by atoms with Gasteiger partial charge >= 0.3 is 11.9 Å². The number of benzene rings is 2. The quantitative estimate of drug-likeness (QED) is 0.755. The van der Waals surface area contributed by atoms with Crippen molar-refractivity contribution in [3.63, 3.8) is 0 Å². The second kappa shape index (κ2) is 9.54. The third-order valence-corrected chi connectivity index (χ3v) is 5.67. The Hall–Kier alpha value is -3.19. The van der Waals surface area contributed by atoms with Crippen LogP contribution in [0.3, 0.4) is 0 Å². The molecule has 2 aliphatic rings. The minimum atomic E-state index is -1.82. The molecule has 7 heteroatoms. The van der Waals surface area contributed by atoms with Crippen LogP contribution in [-0.2, 0) is 20.9 Å². The molecule has 2 heterocycles. The molecule has 2 aromatic rings. The largest absolute Gasteiger partial charge is 0.473 e. The zero-order chi connectivity index (χ0) is 21.6. The lowest BCUT2D eigenvalue weighted by Gasteiger charge is -2.39. The maximum atomic E-state index is 13.2. The van der Waals surface area contributed by atoms with Crippen LogP contribution in [0.5, 0.6) is 0 Å². The van der Waals surface area contributed by atoms with Gasteiger partial charge in [0, 0.05) is 25.3 Å². The number of carbonyl (C=O) groups is 3. The first-order valence-electron chi connectivity index (χ1n) is 10.0. The molecule has 0 radical (unpaired) electrons. The van der Waals surface area contributed by atoms with Gasteiger partial charge in [-0.25, -0.2) is 9.59 Å². The second-order valence-corrected chi connectivity index (χ2v) is 7.73. The number of carbonyl (C=O) groups excluding carboxylic acids is 1. The number of rotatable bonds is 3. The van der Waals surface area contributed by atoms with E-state index in [1.165, 1.54) is 5.56 Å². The zero-order valence-electron chi connectivity index (χ0n) is 16.7. The SMILES string of the molecule is O=C(O)C(=O)O.O=C1N(c2ccccc2)CCC12CCCN(Cc1ccccc1)C2. The van der Waals surface area contributed by atoms with Crippen molar-refractivity contribution in [1.82, 2.24) is 4.90 Å². The van der Waals surface area contributed by atoms with E-state index < -0.39 is 11.9 Å². The number of likely N-dealkylation sites (tertiary alicyclic amines) is 1. The second-order valence-electron chi connectivity index (χ2n) is 7.73. The third kappa shape index (κ3) is 5.04. The van der Waals surface area contributed by atoms with Crippen LogP contribution in [0.1, 0.15) is 24.8 Å². The molecule has 4 rings (SSSR count). The van der Waals surface area contributed by atoms with Crippen molar-refractivity contribution < 1.29 is 24.6 Å². The van der Waals surface area contributed by atoms with E-state index in [0.29, 0.717) is 5.91 Å². The van der Waals surface area contributed by atoms with Gasteiger partial charge in [0.05, 0.1) is 5.41 Å². The number of carboxylic acid groups (broad SMARTS) is 2. The number of amides is 1. The topological polar surface area (TPSA) is 98.1 Å². The minimum absolute atomic E-state index is 0.178. The van der Waals surface area contributed by atoms with E-state index in [2.05, 4.69) is 35.2 Å². The smallest absolute Gasteiger partial charge is 0.414 e. The summed E-state index contributed by atoms with van der Waals surface area (Å²) < 4.78 is 0. The van der Waals surface area contributed by atoms with E-state index in [-0.39, 0.29) is 5.41 Å².